The Balaban J connectivity index is 1.27. The molecule has 5 rings (SSSR count). The van der Waals surface area contributed by atoms with E-state index >= 15 is 0 Å². The van der Waals surface area contributed by atoms with E-state index in [2.05, 4.69) is 6.07 Å². The molecule has 0 bridgehead atoms. The standard InChI is InChI=1S/C23H24FN3O3S2/c24-17-7-9-18(10-8-17)32(29,30)27-13-3-5-20(27)23(28)26-14-11-16(12-15-26)22-25-19-4-1-2-6-21(19)31-22/h1-2,4,6-10,16,20H,3,5,11-15H2. The Labute approximate surface area is 190 Å². The number of halogens is 1. The molecule has 1 amide bonds. The first-order valence-corrected chi connectivity index (χ1v) is 13.1. The minimum absolute atomic E-state index is 0.0214. The lowest BCUT2D eigenvalue weighted by Gasteiger charge is -2.34. The largest absolute Gasteiger partial charge is 0.341 e. The van der Waals surface area contributed by atoms with E-state index in [1.165, 1.54) is 21.1 Å². The van der Waals surface area contributed by atoms with Gasteiger partial charge in [-0.05, 0) is 62.1 Å². The van der Waals surface area contributed by atoms with Crippen LogP contribution in [0.4, 0.5) is 4.39 Å². The molecular formula is C23H24FN3O3S2. The molecule has 0 spiro atoms. The number of fused-ring (bicyclic) bond motifs is 1. The Morgan fingerprint density at radius 3 is 2.44 bits per heavy atom. The molecule has 32 heavy (non-hydrogen) atoms. The maximum Gasteiger partial charge on any atom is 0.243 e. The lowest BCUT2D eigenvalue weighted by Crippen LogP contribution is -2.49. The van der Waals surface area contributed by atoms with Crippen molar-refractivity contribution in [3.63, 3.8) is 0 Å². The van der Waals surface area contributed by atoms with Gasteiger partial charge in [0.25, 0.3) is 0 Å². The van der Waals surface area contributed by atoms with Crippen LogP contribution in [0.25, 0.3) is 10.2 Å². The van der Waals surface area contributed by atoms with Crippen LogP contribution in [0.3, 0.4) is 0 Å². The van der Waals surface area contributed by atoms with Gasteiger partial charge in [0, 0.05) is 25.6 Å². The summed E-state index contributed by atoms with van der Waals surface area (Å²) in [6.07, 6.45) is 2.79. The van der Waals surface area contributed by atoms with Gasteiger partial charge in [-0.25, -0.2) is 17.8 Å². The van der Waals surface area contributed by atoms with Gasteiger partial charge in [-0.1, -0.05) is 12.1 Å². The average Bonchev–Trinajstić information content (AvgIpc) is 3.47. The number of para-hydroxylation sites is 1. The van der Waals surface area contributed by atoms with E-state index in [9.17, 15) is 17.6 Å². The number of piperidine rings is 1. The van der Waals surface area contributed by atoms with Gasteiger partial charge in [-0.3, -0.25) is 4.79 Å². The topological polar surface area (TPSA) is 70.6 Å². The molecule has 2 aliphatic heterocycles. The Morgan fingerprint density at radius 2 is 1.72 bits per heavy atom. The first-order valence-electron chi connectivity index (χ1n) is 10.8. The number of likely N-dealkylation sites (tertiary alicyclic amines) is 1. The normalized spacial score (nSPS) is 20.8. The molecule has 0 saturated carbocycles. The monoisotopic (exact) mass is 473 g/mol. The number of hydrogen-bond donors (Lipinski definition) is 0. The quantitative estimate of drug-likeness (QED) is 0.574. The molecule has 1 aromatic heterocycles. The third-order valence-corrected chi connectivity index (χ3v) is 9.50. The molecule has 168 valence electrons. The van der Waals surface area contributed by atoms with Gasteiger partial charge >= 0.3 is 0 Å². The van der Waals surface area contributed by atoms with E-state index < -0.39 is 21.9 Å². The second-order valence-corrected chi connectivity index (χ2v) is 11.3. The highest BCUT2D eigenvalue weighted by Crippen LogP contribution is 2.35. The Hall–Kier alpha value is -2.36. The van der Waals surface area contributed by atoms with E-state index in [1.54, 1.807) is 16.2 Å². The van der Waals surface area contributed by atoms with Crippen LogP contribution in [0.1, 0.15) is 36.6 Å². The number of thiazole rings is 1. The summed E-state index contributed by atoms with van der Waals surface area (Å²) in [6, 6.07) is 12.2. The molecule has 1 unspecified atom stereocenters. The van der Waals surface area contributed by atoms with Crippen LogP contribution in [-0.2, 0) is 14.8 Å². The summed E-state index contributed by atoms with van der Waals surface area (Å²) < 4.78 is 41.9. The maximum atomic E-state index is 13.3. The zero-order valence-corrected chi connectivity index (χ0v) is 19.1. The molecule has 0 radical (unpaired) electrons. The highest BCUT2D eigenvalue weighted by atomic mass is 32.2. The van der Waals surface area contributed by atoms with Gasteiger partial charge in [0.1, 0.15) is 11.9 Å². The third kappa shape index (κ3) is 3.93. The number of aromatic nitrogens is 1. The lowest BCUT2D eigenvalue weighted by molar-refractivity contribution is -0.135. The zero-order valence-electron chi connectivity index (χ0n) is 17.5. The van der Waals surface area contributed by atoms with E-state index in [4.69, 9.17) is 4.98 Å². The summed E-state index contributed by atoms with van der Waals surface area (Å²) in [5.74, 6) is -0.302. The fourth-order valence-electron chi connectivity index (χ4n) is 4.64. The number of hydrogen-bond acceptors (Lipinski definition) is 5. The highest BCUT2D eigenvalue weighted by Gasteiger charge is 2.42. The van der Waals surface area contributed by atoms with Crippen molar-refractivity contribution < 1.29 is 17.6 Å². The first kappa shape index (κ1) is 21.5. The smallest absolute Gasteiger partial charge is 0.243 e. The molecule has 1 atom stereocenters. The van der Waals surface area contributed by atoms with E-state index in [0.717, 1.165) is 35.5 Å². The van der Waals surface area contributed by atoms with Crippen molar-refractivity contribution in [3.8, 4) is 0 Å². The molecule has 6 nitrogen and oxygen atoms in total. The number of carbonyl (C=O) groups is 1. The van der Waals surface area contributed by atoms with Crippen LogP contribution in [0.5, 0.6) is 0 Å². The Kier molecular flexibility index (Phi) is 5.73. The summed E-state index contributed by atoms with van der Waals surface area (Å²) in [6.45, 7) is 1.50. The maximum absolute atomic E-state index is 13.3. The number of carbonyl (C=O) groups excluding carboxylic acids is 1. The Morgan fingerprint density at radius 1 is 1.00 bits per heavy atom. The second-order valence-electron chi connectivity index (χ2n) is 8.35. The number of nitrogens with zero attached hydrogens (tertiary/aromatic N) is 3. The van der Waals surface area contributed by atoms with Gasteiger partial charge in [0.05, 0.1) is 20.1 Å². The summed E-state index contributed by atoms with van der Waals surface area (Å²) >= 11 is 1.71. The number of amides is 1. The van der Waals surface area contributed by atoms with Crippen LogP contribution in [-0.4, -0.2) is 54.2 Å². The summed E-state index contributed by atoms with van der Waals surface area (Å²) in [5, 5.41) is 1.11. The van der Waals surface area contributed by atoms with Crippen LogP contribution < -0.4 is 0 Å². The van der Waals surface area contributed by atoms with Crippen LogP contribution >= 0.6 is 11.3 Å². The van der Waals surface area contributed by atoms with Gasteiger partial charge in [0.15, 0.2) is 0 Å². The molecule has 3 aromatic rings. The minimum Gasteiger partial charge on any atom is -0.341 e. The number of sulfonamides is 1. The van der Waals surface area contributed by atoms with E-state index in [0.29, 0.717) is 38.4 Å². The van der Waals surface area contributed by atoms with E-state index in [1.807, 2.05) is 18.2 Å². The highest BCUT2D eigenvalue weighted by molar-refractivity contribution is 7.89. The molecular weight excluding hydrogens is 449 g/mol. The summed E-state index contributed by atoms with van der Waals surface area (Å²) in [4.78, 5) is 19.9. The van der Waals surface area contributed by atoms with E-state index in [-0.39, 0.29) is 10.8 Å². The minimum atomic E-state index is -3.85. The van der Waals surface area contributed by atoms with Crippen LogP contribution in [0.15, 0.2) is 53.4 Å². The van der Waals surface area contributed by atoms with Crippen LogP contribution in [0.2, 0.25) is 0 Å². The predicted octanol–water partition coefficient (Wildman–Crippen LogP) is 3.99. The molecule has 0 N–H and O–H groups in total. The molecule has 0 aliphatic carbocycles. The fraction of sp³-hybridized carbons (Fsp3) is 0.391. The first-order chi connectivity index (χ1) is 15.4. The number of rotatable bonds is 4. The average molecular weight is 474 g/mol. The Bertz CT molecular complexity index is 1200. The zero-order chi connectivity index (χ0) is 22.3. The summed E-state index contributed by atoms with van der Waals surface area (Å²) in [5.41, 5.74) is 1.01. The molecule has 2 saturated heterocycles. The SMILES string of the molecule is O=C(C1CCCN1S(=O)(=O)c1ccc(F)cc1)N1CCC(c2nc3ccccc3s2)CC1. The van der Waals surface area contributed by atoms with Crippen molar-refractivity contribution in [1.29, 1.82) is 0 Å². The van der Waals surface area contributed by atoms with Crippen molar-refractivity contribution in [1.82, 2.24) is 14.2 Å². The molecule has 2 fully saturated rings. The van der Waals surface area contributed by atoms with Gasteiger partial charge < -0.3 is 4.90 Å². The second kappa shape index (κ2) is 8.53. The molecule has 9 heteroatoms. The van der Waals surface area contributed by atoms with Crippen molar-refractivity contribution in [2.75, 3.05) is 19.6 Å². The lowest BCUT2D eigenvalue weighted by atomic mass is 9.97. The molecule has 3 heterocycles. The van der Waals surface area contributed by atoms with Gasteiger partial charge in [-0.15, -0.1) is 11.3 Å². The summed E-state index contributed by atoms with van der Waals surface area (Å²) in [7, 11) is -3.85. The van der Waals surface area contributed by atoms with Crippen molar-refractivity contribution in [2.24, 2.45) is 0 Å². The van der Waals surface area contributed by atoms with Gasteiger partial charge in [0.2, 0.25) is 15.9 Å². The predicted molar refractivity (Wildman–Crippen MR) is 121 cm³/mol. The number of benzene rings is 2. The molecule has 2 aliphatic rings. The molecule has 2 aromatic carbocycles. The fourth-order valence-corrected chi connectivity index (χ4v) is 7.43. The van der Waals surface area contributed by atoms with Crippen LogP contribution in [0, 0.1) is 5.82 Å². The van der Waals surface area contributed by atoms with Crippen molar-refractivity contribution >= 4 is 37.5 Å². The van der Waals surface area contributed by atoms with Crippen molar-refractivity contribution in [3.05, 3.63) is 59.4 Å². The third-order valence-electron chi connectivity index (χ3n) is 6.38. The van der Waals surface area contributed by atoms with Gasteiger partial charge in [-0.2, -0.15) is 4.31 Å². The van der Waals surface area contributed by atoms with Crippen molar-refractivity contribution in [2.45, 2.75) is 42.5 Å².